The Morgan fingerprint density at radius 1 is 1.27 bits per heavy atom. The van der Waals surface area contributed by atoms with Crippen LogP contribution in [0.4, 0.5) is 14.3 Å². The molecule has 0 radical (unpaired) electrons. The second-order valence-corrected chi connectivity index (χ2v) is 8.17. The smallest absolute Gasteiger partial charge is 0.410 e. The van der Waals surface area contributed by atoms with Crippen LogP contribution in [0.5, 0.6) is 0 Å². The van der Waals surface area contributed by atoms with Gasteiger partial charge < -0.3 is 14.5 Å². The van der Waals surface area contributed by atoms with Gasteiger partial charge in [-0.05, 0) is 20.8 Å². The first kappa shape index (κ1) is 18.8. The van der Waals surface area contributed by atoms with Gasteiger partial charge in [-0.3, -0.25) is 0 Å². The normalized spacial score (nSPS) is 15.3. The molecule has 3 heterocycles. The lowest BCUT2D eigenvalue weighted by molar-refractivity contribution is 0.0240. The SMILES string of the molecule is CC(C)(C)OC(=O)N1CCN(c2nnc(-c3cnc(Cl)cc3F)s2)CC1. The Morgan fingerprint density at radius 3 is 2.58 bits per heavy atom. The van der Waals surface area contributed by atoms with Crippen LogP contribution in [0.2, 0.25) is 5.15 Å². The summed E-state index contributed by atoms with van der Waals surface area (Å²) in [5.41, 5.74) is -0.246. The molecule has 1 saturated heterocycles. The molecule has 1 fully saturated rings. The van der Waals surface area contributed by atoms with Crippen LogP contribution in [-0.4, -0.2) is 58.0 Å². The quantitative estimate of drug-likeness (QED) is 0.720. The van der Waals surface area contributed by atoms with E-state index in [9.17, 15) is 9.18 Å². The molecule has 10 heteroatoms. The summed E-state index contributed by atoms with van der Waals surface area (Å²) in [5, 5.41) is 9.41. The summed E-state index contributed by atoms with van der Waals surface area (Å²) in [6, 6.07) is 1.15. The van der Waals surface area contributed by atoms with E-state index in [1.807, 2.05) is 25.7 Å². The van der Waals surface area contributed by atoms with Crippen molar-refractivity contribution >= 4 is 34.2 Å². The van der Waals surface area contributed by atoms with Crippen LogP contribution in [0.1, 0.15) is 20.8 Å². The zero-order valence-corrected chi connectivity index (χ0v) is 16.3. The van der Waals surface area contributed by atoms with E-state index >= 15 is 0 Å². The van der Waals surface area contributed by atoms with Gasteiger partial charge in [-0.2, -0.15) is 0 Å². The molecule has 2 aromatic rings. The van der Waals surface area contributed by atoms with Crippen molar-refractivity contribution < 1.29 is 13.9 Å². The number of anilines is 1. The second kappa shape index (κ2) is 7.32. The number of ether oxygens (including phenoxy) is 1. The van der Waals surface area contributed by atoms with Crippen molar-refractivity contribution in [3.05, 3.63) is 23.2 Å². The fraction of sp³-hybridized carbons (Fsp3) is 0.500. The summed E-state index contributed by atoms with van der Waals surface area (Å²) < 4.78 is 19.4. The molecule has 2 aromatic heterocycles. The van der Waals surface area contributed by atoms with Crippen LogP contribution < -0.4 is 4.90 Å². The molecular weight excluding hydrogens is 381 g/mol. The molecule has 26 heavy (non-hydrogen) atoms. The van der Waals surface area contributed by atoms with Gasteiger partial charge in [0.25, 0.3) is 0 Å². The Balaban J connectivity index is 1.64. The van der Waals surface area contributed by atoms with Gasteiger partial charge in [0, 0.05) is 38.4 Å². The molecule has 0 aromatic carbocycles. The Kier molecular flexibility index (Phi) is 5.29. The van der Waals surface area contributed by atoms with Crippen molar-refractivity contribution in [3.63, 3.8) is 0 Å². The number of carbonyl (C=O) groups excluding carboxylic acids is 1. The topological polar surface area (TPSA) is 71.5 Å². The van der Waals surface area contributed by atoms with Gasteiger partial charge >= 0.3 is 6.09 Å². The zero-order valence-electron chi connectivity index (χ0n) is 14.7. The van der Waals surface area contributed by atoms with Crippen LogP contribution in [0.3, 0.4) is 0 Å². The fourth-order valence-electron chi connectivity index (χ4n) is 2.42. The van der Waals surface area contributed by atoms with Crippen molar-refractivity contribution in [1.29, 1.82) is 0 Å². The predicted molar refractivity (Wildman–Crippen MR) is 98.1 cm³/mol. The third kappa shape index (κ3) is 4.39. The summed E-state index contributed by atoms with van der Waals surface area (Å²) in [6.07, 6.45) is 1.03. The maximum absolute atomic E-state index is 14.0. The minimum Gasteiger partial charge on any atom is -0.444 e. The van der Waals surface area contributed by atoms with Gasteiger partial charge in [-0.25, -0.2) is 14.2 Å². The van der Waals surface area contributed by atoms with Gasteiger partial charge in [0.1, 0.15) is 16.6 Å². The molecule has 1 aliphatic rings. The molecule has 7 nitrogen and oxygen atoms in total. The lowest BCUT2D eigenvalue weighted by Gasteiger charge is -2.35. The molecule has 0 bridgehead atoms. The molecule has 0 atom stereocenters. The van der Waals surface area contributed by atoms with Gasteiger partial charge in [0.15, 0.2) is 5.01 Å². The first-order valence-electron chi connectivity index (χ1n) is 8.11. The van der Waals surface area contributed by atoms with E-state index in [0.717, 1.165) is 6.07 Å². The number of hydrogen-bond acceptors (Lipinski definition) is 7. The van der Waals surface area contributed by atoms with E-state index in [-0.39, 0.29) is 16.8 Å². The van der Waals surface area contributed by atoms with E-state index < -0.39 is 11.4 Å². The number of aromatic nitrogens is 3. The van der Waals surface area contributed by atoms with Crippen molar-refractivity contribution in [2.75, 3.05) is 31.1 Å². The summed E-state index contributed by atoms with van der Waals surface area (Å²) >= 11 is 6.95. The standard InChI is InChI=1S/C16H19ClFN5O2S/c1-16(2,3)25-15(24)23-6-4-22(5-7-23)14-21-20-13(26-14)10-9-19-12(17)8-11(10)18/h8-9H,4-7H2,1-3H3. The first-order valence-corrected chi connectivity index (χ1v) is 9.30. The fourth-order valence-corrected chi connectivity index (χ4v) is 3.48. The molecule has 1 amide bonds. The number of rotatable bonds is 2. The van der Waals surface area contributed by atoms with Crippen LogP contribution in [0.15, 0.2) is 12.3 Å². The first-order chi connectivity index (χ1) is 12.2. The molecule has 140 valence electrons. The average molecular weight is 400 g/mol. The number of amides is 1. The van der Waals surface area contributed by atoms with E-state index in [1.165, 1.54) is 17.5 Å². The maximum Gasteiger partial charge on any atom is 0.410 e. The number of hydrogen-bond donors (Lipinski definition) is 0. The molecule has 0 saturated carbocycles. The van der Waals surface area contributed by atoms with Crippen LogP contribution in [0, 0.1) is 5.82 Å². The molecule has 1 aliphatic heterocycles. The van der Waals surface area contributed by atoms with Crippen molar-refractivity contribution in [1.82, 2.24) is 20.1 Å². The van der Waals surface area contributed by atoms with Crippen molar-refractivity contribution in [2.45, 2.75) is 26.4 Å². The lowest BCUT2D eigenvalue weighted by atomic mass is 10.2. The van der Waals surface area contributed by atoms with Gasteiger partial charge in [0.05, 0.1) is 5.56 Å². The predicted octanol–water partition coefficient (Wildman–Crippen LogP) is 3.45. The Hall–Kier alpha value is -2.00. The molecule has 0 aliphatic carbocycles. The Bertz CT molecular complexity index is 802. The van der Waals surface area contributed by atoms with Crippen LogP contribution in [-0.2, 0) is 4.74 Å². The Labute approximate surface area is 159 Å². The zero-order chi connectivity index (χ0) is 18.9. The number of pyridine rings is 1. The van der Waals surface area contributed by atoms with Gasteiger partial charge in [-0.1, -0.05) is 22.9 Å². The highest BCUT2D eigenvalue weighted by atomic mass is 35.5. The highest BCUT2D eigenvalue weighted by Crippen LogP contribution is 2.31. The molecule has 3 rings (SSSR count). The molecule has 0 N–H and O–H groups in total. The van der Waals surface area contributed by atoms with Crippen molar-refractivity contribution in [3.8, 4) is 10.6 Å². The molecule has 0 spiro atoms. The average Bonchev–Trinajstić information content (AvgIpc) is 3.03. The van der Waals surface area contributed by atoms with Crippen LogP contribution in [0.25, 0.3) is 10.6 Å². The van der Waals surface area contributed by atoms with Crippen LogP contribution >= 0.6 is 22.9 Å². The number of nitrogens with zero attached hydrogens (tertiary/aromatic N) is 5. The minimum absolute atomic E-state index is 0.0919. The third-order valence-corrected chi connectivity index (χ3v) is 4.89. The second-order valence-electron chi connectivity index (χ2n) is 6.83. The highest BCUT2D eigenvalue weighted by molar-refractivity contribution is 7.18. The number of halogens is 2. The largest absolute Gasteiger partial charge is 0.444 e. The third-order valence-electron chi connectivity index (χ3n) is 3.67. The monoisotopic (exact) mass is 399 g/mol. The molecule has 0 unspecified atom stereocenters. The summed E-state index contributed by atoms with van der Waals surface area (Å²) in [4.78, 5) is 19.7. The Morgan fingerprint density at radius 2 is 1.96 bits per heavy atom. The molecular formula is C16H19ClFN5O2S. The summed E-state index contributed by atoms with van der Waals surface area (Å²) in [5.74, 6) is -0.484. The lowest BCUT2D eigenvalue weighted by Crippen LogP contribution is -2.50. The maximum atomic E-state index is 14.0. The highest BCUT2D eigenvalue weighted by Gasteiger charge is 2.27. The van der Waals surface area contributed by atoms with E-state index in [1.54, 1.807) is 4.90 Å². The summed E-state index contributed by atoms with van der Waals surface area (Å²) in [7, 11) is 0. The van der Waals surface area contributed by atoms with E-state index in [4.69, 9.17) is 16.3 Å². The van der Waals surface area contributed by atoms with Gasteiger partial charge in [-0.15, -0.1) is 10.2 Å². The van der Waals surface area contributed by atoms with E-state index in [0.29, 0.717) is 36.3 Å². The number of carbonyl (C=O) groups is 1. The van der Waals surface area contributed by atoms with E-state index in [2.05, 4.69) is 15.2 Å². The minimum atomic E-state index is -0.515. The van der Waals surface area contributed by atoms with Gasteiger partial charge in [0.2, 0.25) is 5.13 Å². The number of piperazine rings is 1. The van der Waals surface area contributed by atoms with Crippen molar-refractivity contribution in [2.24, 2.45) is 0 Å². The summed E-state index contributed by atoms with van der Waals surface area (Å²) in [6.45, 7) is 7.80.